The molecule has 2 aromatic rings. The summed E-state index contributed by atoms with van der Waals surface area (Å²) in [4.78, 5) is 0. The second kappa shape index (κ2) is 4.38. The molecular weight excluding hydrogens is 188 g/mol. The molecule has 4 nitrogen and oxygen atoms in total. The maximum absolute atomic E-state index is 8.64. The Kier molecular flexibility index (Phi) is 2.75. The topological polar surface area (TPSA) is 65.4 Å². The number of hydrogen-bond acceptors (Lipinski definition) is 3. The highest BCUT2D eigenvalue weighted by Gasteiger charge is 1.98. The number of hydrogen-bond donors (Lipinski definition) is 1. The Balaban J connectivity index is 1.97. The molecule has 0 radical (unpaired) electrons. The van der Waals surface area contributed by atoms with Crippen LogP contribution in [0.4, 0.5) is 0 Å². The van der Waals surface area contributed by atoms with Crippen LogP contribution in [0.2, 0.25) is 0 Å². The zero-order valence-corrected chi connectivity index (χ0v) is 8.14. The Morgan fingerprint density at radius 2 is 2.00 bits per heavy atom. The number of aromatic nitrogens is 3. The van der Waals surface area contributed by atoms with Gasteiger partial charge in [-0.1, -0.05) is 12.1 Å². The van der Waals surface area contributed by atoms with Gasteiger partial charge in [-0.25, -0.2) is 0 Å². The molecule has 1 N–H and O–H groups in total. The molecule has 1 aromatic carbocycles. The molecule has 0 atom stereocenters. The van der Waals surface area contributed by atoms with Crippen LogP contribution in [0.5, 0.6) is 0 Å². The third-order valence-electron chi connectivity index (χ3n) is 2.22. The molecule has 0 spiro atoms. The van der Waals surface area contributed by atoms with Crippen molar-refractivity contribution in [3.8, 4) is 6.07 Å². The van der Waals surface area contributed by atoms with Crippen molar-refractivity contribution >= 4 is 0 Å². The lowest BCUT2D eigenvalue weighted by molar-refractivity contribution is 0.871. The fourth-order valence-electron chi connectivity index (χ4n) is 1.36. The number of H-pyrrole nitrogens is 1. The molecule has 0 amide bonds. The predicted molar refractivity (Wildman–Crippen MR) is 54.9 cm³/mol. The minimum absolute atomic E-state index is 0.695. The molecule has 1 aromatic heterocycles. The molecule has 0 saturated carbocycles. The van der Waals surface area contributed by atoms with Crippen molar-refractivity contribution in [1.29, 1.82) is 5.26 Å². The minimum Gasteiger partial charge on any atom is -0.198 e. The highest BCUT2D eigenvalue weighted by molar-refractivity contribution is 5.31. The summed E-state index contributed by atoms with van der Waals surface area (Å²) in [6.07, 6.45) is 3.50. The molecule has 15 heavy (non-hydrogen) atoms. The monoisotopic (exact) mass is 198 g/mol. The molecule has 0 aliphatic carbocycles. The Morgan fingerprint density at radius 3 is 2.60 bits per heavy atom. The number of nitriles is 1. The number of nitrogens with one attached hydrogen (secondary N) is 1. The van der Waals surface area contributed by atoms with Gasteiger partial charge in [0.15, 0.2) is 0 Å². The first-order chi connectivity index (χ1) is 7.38. The zero-order chi connectivity index (χ0) is 10.5. The third-order valence-corrected chi connectivity index (χ3v) is 2.22. The standard InChI is InChI=1S/C11H10N4/c12-7-10-3-1-9(2-4-10)5-6-11-8-13-15-14-11/h1-4,8H,5-6H2,(H,13,14,15). The molecule has 1 heterocycles. The average Bonchev–Trinajstić information content (AvgIpc) is 2.80. The Bertz CT molecular complexity index is 450. The molecule has 0 aliphatic heterocycles. The second-order valence-electron chi connectivity index (χ2n) is 3.27. The summed E-state index contributed by atoms with van der Waals surface area (Å²) in [5.74, 6) is 0. The quantitative estimate of drug-likeness (QED) is 0.812. The summed E-state index contributed by atoms with van der Waals surface area (Å²) in [5, 5.41) is 18.9. The van der Waals surface area contributed by atoms with Crippen molar-refractivity contribution in [2.45, 2.75) is 12.8 Å². The van der Waals surface area contributed by atoms with Crippen molar-refractivity contribution in [3.05, 3.63) is 47.3 Å². The highest BCUT2D eigenvalue weighted by atomic mass is 15.3. The fraction of sp³-hybridized carbons (Fsp3) is 0.182. The molecular formula is C11H10N4. The maximum atomic E-state index is 8.64. The summed E-state index contributed by atoms with van der Waals surface area (Å²) >= 11 is 0. The SMILES string of the molecule is N#Cc1ccc(CCc2cn[nH]n2)cc1. The predicted octanol–water partition coefficient (Wildman–Crippen LogP) is 1.46. The molecule has 0 aliphatic rings. The van der Waals surface area contributed by atoms with Gasteiger partial charge < -0.3 is 0 Å². The lowest BCUT2D eigenvalue weighted by atomic mass is 10.1. The first-order valence-electron chi connectivity index (χ1n) is 4.72. The molecule has 0 bridgehead atoms. The van der Waals surface area contributed by atoms with Gasteiger partial charge in [0.05, 0.1) is 23.5 Å². The van der Waals surface area contributed by atoms with Crippen LogP contribution in [0.3, 0.4) is 0 Å². The lowest BCUT2D eigenvalue weighted by Crippen LogP contribution is -1.91. The Hall–Kier alpha value is -2.15. The van der Waals surface area contributed by atoms with Gasteiger partial charge in [-0.15, -0.1) is 0 Å². The zero-order valence-electron chi connectivity index (χ0n) is 8.14. The van der Waals surface area contributed by atoms with Gasteiger partial charge in [0.1, 0.15) is 0 Å². The first kappa shape index (κ1) is 9.41. The van der Waals surface area contributed by atoms with Crippen LogP contribution in [0.25, 0.3) is 0 Å². The van der Waals surface area contributed by atoms with Crippen LogP contribution in [-0.4, -0.2) is 15.4 Å². The summed E-state index contributed by atoms with van der Waals surface area (Å²) < 4.78 is 0. The molecule has 2 rings (SSSR count). The molecule has 74 valence electrons. The van der Waals surface area contributed by atoms with E-state index in [9.17, 15) is 0 Å². The fourth-order valence-corrected chi connectivity index (χ4v) is 1.36. The molecule has 0 unspecified atom stereocenters. The number of rotatable bonds is 3. The van der Waals surface area contributed by atoms with Crippen LogP contribution in [0.1, 0.15) is 16.8 Å². The number of aromatic amines is 1. The van der Waals surface area contributed by atoms with E-state index in [4.69, 9.17) is 5.26 Å². The molecule has 4 heteroatoms. The van der Waals surface area contributed by atoms with Crippen LogP contribution in [0.15, 0.2) is 30.5 Å². The van der Waals surface area contributed by atoms with E-state index in [0.717, 1.165) is 18.5 Å². The summed E-state index contributed by atoms with van der Waals surface area (Å²) in [7, 11) is 0. The van der Waals surface area contributed by atoms with E-state index in [1.54, 1.807) is 6.20 Å². The van der Waals surface area contributed by atoms with Crippen molar-refractivity contribution in [1.82, 2.24) is 15.4 Å². The smallest absolute Gasteiger partial charge is 0.0991 e. The van der Waals surface area contributed by atoms with Gasteiger partial charge in [-0.2, -0.15) is 20.7 Å². The normalized spacial score (nSPS) is 9.80. The number of benzene rings is 1. The van der Waals surface area contributed by atoms with E-state index in [-0.39, 0.29) is 0 Å². The van der Waals surface area contributed by atoms with Crippen molar-refractivity contribution in [2.24, 2.45) is 0 Å². The maximum Gasteiger partial charge on any atom is 0.0991 e. The van der Waals surface area contributed by atoms with Gasteiger partial charge in [-0.05, 0) is 30.5 Å². The lowest BCUT2D eigenvalue weighted by Gasteiger charge is -1.98. The number of aryl methyl sites for hydroxylation is 2. The van der Waals surface area contributed by atoms with Gasteiger partial charge in [0.2, 0.25) is 0 Å². The van der Waals surface area contributed by atoms with Gasteiger partial charge >= 0.3 is 0 Å². The summed E-state index contributed by atoms with van der Waals surface area (Å²) in [5.41, 5.74) is 2.86. The molecule has 0 fully saturated rings. The first-order valence-corrected chi connectivity index (χ1v) is 4.72. The molecule has 0 saturated heterocycles. The largest absolute Gasteiger partial charge is 0.198 e. The highest BCUT2D eigenvalue weighted by Crippen LogP contribution is 2.06. The van der Waals surface area contributed by atoms with E-state index in [2.05, 4.69) is 21.5 Å². The van der Waals surface area contributed by atoms with E-state index in [1.165, 1.54) is 5.56 Å². The van der Waals surface area contributed by atoms with E-state index in [1.807, 2.05) is 24.3 Å². The summed E-state index contributed by atoms with van der Waals surface area (Å²) in [6.45, 7) is 0. The van der Waals surface area contributed by atoms with Gasteiger partial charge in [0.25, 0.3) is 0 Å². The van der Waals surface area contributed by atoms with Crippen LogP contribution in [-0.2, 0) is 12.8 Å². The van der Waals surface area contributed by atoms with Crippen molar-refractivity contribution in [3.63, 3.8) is 0 Å². The van der Waals surface area contributed by atoms with Crippen molar-refractivity contribution < 1.29 is 0 Å². The van der Waals surface area contributed by atoms with E-state index in [0.29, 0.717) is 5.56 Å². The van der Waals surface area contributed by atoms with Crippen molar-refractivity contribution in [2.75, 3.05) is 0 Å². The van der Waals surface area contributed by atoms with E-state index >= 15 is 0 Å². The Morgan fingerprint density at radius 1 is 1.20 bits per heavy atom. The Labute approximate surface area is 87.6 Å². The minimum atomic E-state index is 0.695. The van der Waals surface area contributed by atoms with Crippen LogP contribution in [0, 0.1) is 11.3 Å². The third kappa shape index (κ3) is 2.41. The van der Waals surface area contributed by atoms with E-state index < -0.39 is 0 Å². The second-order valence-corrected chi connectivity index (χ2v) is 3.27. The summed E-state index contributed by atoms with van der Waals surface area (Å²) in [6, 6.07) is 9.70. The number of nitrogens with zero attached hydrogens (tertiary/aromatic N) is 3. The average molecular weight is 198 g/mol. The van der Waals surface area contributed by atoms with Gasteiger partial charge in [0, 0.05) is 0 Å². The van der Waals surface area contributed by atoms with Gasteiger partial charge in [-0.3, -0.25) is 0 Å². The van der Waals surface area contributed by atoms with Crippen LogP contribution >= 0.6 is 0 Å². The van der Waals surface area contributed by atoms with Crippen LogP contribution < -0.4 is 0 Å².